The maximum absolute atomic E-state index is 12.1. The van der Waals surface area contributed by atoms with Crippen LogP contribution in [-0.4, -0.2) is 27.8 Å². The molecule has 0 aliphatic rings. The third-order valence-electron chi connectivity index (χ3n) is 2.87. The van der Waals surface area contributed by atoms with E-state index in [4.69, 9.17) is 5.73 Å². The molecule has 0 atom stereocenters. The molecule has 0 spiro atoms. The number of hydrogen-bond acceptors (Lipinski definition) is 3. The van der Waals surface area contributed by atoms with Crippen LogP contribution >= 0.6 is 12.4 Å². The molecule has 21 heavy (non-hydrogen) atoms. The Kier molecular flexibility index (Phi) is 5.52. The smallest absolute Gasteiger partial charge is 0.254 e. The molecule has 5 nitrogen and oxygen atoms in total. The van der Waals surface area contributed by atoms with E-state index in [-0.39, 0.29) is 18.3 Å². The van der Waals surface area contributed by atoms with Gasteiger partial charge in [-0.2, -0.15) is 5.10 Å². The predicted octanol–water partition coefficient (Wildman–Crippen LogP) is 2.07. The first-order valence-electron chi connectivity index (χ1n) is 6.55. The minimum absolute atomic E-state index is 0. The van der Waals surface area contributed by atoms with Crippen LogP contribution in [0.2, 0.25) is 0 Å². The van der Waals surface area contributed by atoms with Gasteiger partial charge >= 0.3 is 0 Å². The second-order valence-corrected chi connectivity index (χ2v) is 5.58. The van der Waals surface area contributed by atoms with E-state index in [0.717, 1.165) is 5.69 Å². The average Bonchev–Trinajstić information content (AvgIpc) is 2.78. The SMILES string of the molecule is Cc1nn(-c2ccccc2)cc1C(=O)NCC(C)(C)N.Cl. The fourth-order valence-corrected chi connectivity index (χ4v) is 1.80. The number of nitrogens with one attached hydrogen (secondary N) is 1. The van der Waals surface area contributed by atoms with Gasteiger partial charge in [-0.15, -0.1) is 12.4 Å². The molecule has 3 N–H and O–H groups in total. The summed E-state index contributed by atoms with van der Waals surface area (Å²) in [5.41, 5.74) is 7.62. The first kappa shape index (κ1) is 17.2. The summed E-state index contributed by atoms with van der Waals surface area (Å²) in [5, 5.41) is 7.20. The lowest BCUT2D eigenvalue weighted by molar-refractivity contribution is 0.0945. The topological polar surface area (TPSA) is 72.9 Å². The molecule has 0 unspecified atom stereocenters. The molecule has 0 aliphatic heterocycles. The van der Waals surface area contributed by atoms with Gasteiger partial charge in [0.15, 0.2) is 0 Å². The van der Waals surface area contributed by atoms with Crippen LogP contribution in [0, 0.1) is 6.92 Å². The Labute approximate surface area is 130 Å². The van der Waals surface area contributed by atoms with Gasteiger partial charge in [0.05, 0.1) is 16.9 Å². The highest BCUT2D eigenvalue weighted by Crippen LogP contribution is 2.11. The number of hydrogen-bond donors (Lipinski definition) is 2. The van der Waals surface area contributed by atoms with Gasteiger partial charge in [0, 0.05) is 18.3 Å². The van der Waals surface area contributed by atoms with E-state index in [0.29, 0.717) is 17.8 Å². The second kappa shape index (κ2) is 6.74. The van der Waals surface area contributed by atoms with Crippen molar-refractivity contribution in [2.24, 2.45) is 5.73 Å². The van der Waals surface area contributed by atoms with Gasteiger partial charge in [-0.1, -0.05) is 18.2 Å². The Balaban J connectivity index is 0.00000220. The quantitative estimate of drug-likeness (QED) is 0.908. The standard InChI is InChI=1S/C15H20N4O.ClH/c1-11-13(14(20)17-10-15(2,3)16)9-19(18-11)12-7-5-4-6-8-12;/h4-9H,10,16H2,1-3H3,(H,17,20);1H. The summed E-state index contributed by atoms with van der Waals surface area (Å²) in [6.07, 6.45) is 1.74. The first-order chi connectivity index (χ1) is 9.37. The molecular formula is C15H21ClN4O. The minimum Gasteiger partial charge on any atom is -0.350 e. The molecule has 2 rings (SSSR count). The highest BCUT2D eigenvalue weighted by Gasteiger charge is 2.17. The van der Waals surface area contributed by atoms with Crippen molar-refractivity contribution in [1.82, 2.24) is 15.1 Å². The monoisotopic (exact) mass is 308 g/mol. The van der Waals surface area contributed by atoms with Crippen LogP contribution in [0.5, 0.6) is 0 Å². The van der Waals surface area contributed by atoms with E-state index in [1.807, 2.05) is 51.1 Å². The Hall–Kier alpha value is -1.85. The number of para-hydroxylation sites is 1. The molecule has 0 saturated heterocycles. The summed E-state index contributed by atoms with van der Waals surface area (Å²) in [4.78, 5) is 12.1. The van der Waals surface area contributed by atoms with Crippen LogP contribution in [0.1, 0.15) is 29.9 Å². The third-order valence-corrected chi connectivity index (χ3v) is 2.87. The highest BCUT2D eigenvalue weighted by atomic mass is 35.5. The number of halogens is 1. The summed E-state index contributed by atoms with van der Waals surface area (Å²) in [6, 6.07) is 9.69. The number of carbonyl (C=O) groups is 1. The maximum atomic E-state index is 12.1. The van der Waals surface area contributed by atoms with E-state index >= 15 is 0 Å². The fraction of sp³-hybridized carbons (Fsp3) is 0.333. The van der Waals surface area contributed by atoms with E-state index in [9.17, 15) is 4.79 Å². The second-order valence-electron chi connectivity index (χ2n) is 5.58. The molecule has 6 heteroatoms. The lowest BCUT2D eigenvalue weighted by Gasteiger charge is -2.18. The van der Waals surface area contributed by atoms with Crippen molar-refractivity contribution in [3.05, 3.63) is 47.8 Å². The van der Waals surface area contributed by atoms with Crippen molar-refractivity contribution in [3.8, 4) is 5.69 Å². The molecule has 0 bridgehead atoms. The zero-order valence-electron chi connectivity index (χ0n) is 12.5. The van der Waals surface area contributed by atoms with Crippen molar-refractivity contribution in [2.45, 2.75) is 26.3 Å². The Bertz CT molecular complexity index is 602. The van der Waals surface area contributed by atoms with Crippen molar-refractivity contribution in [1.29, 1.82) is 0 Å². The number of amides is 1. The van der Waals surface area contributed by atoms with Crippen molar-refractivity contribution in [2.75, 3.05) is 6.54 Å². The molecule has 0 aliphatic carbocycles. The molecule has 1 heterocycles. The normalized spacial score (nSPS) is 10.9. The summed E-state index contributed by atoms with van der Waals surface area (Å²) in [6.45, 7) is 5.98. The average molecular weight is 309 g/mol. The molecule has 1 aromatic carbocycles. The van der Waals surface area contributed by atoms with Gasteiger partial charge in [0.25, 0.3) is 5.91 Å². The van der Waals surface area contributed by atoms with Crippen LogP contribution in [0.4, 0.5) is 0 Å². The summed E-state index contributed by atoms with van der Waals surface area (Å²) in [5.74, 6) is -0.150. The number of nitrogens with zero attached hydrogens (tertiary/aromatic N) is 2. The van der Waals surface area contributed by atoms with Gasteiger partial charge in [0.2, 0.25) is 0 Å². The molecule has 0 saturated carbocycles. The van der Waals surface area contributed by atoms with E-state index < -0.39 is 5.54 Å². The number of carbonyl (C=O) groups excluding carboxylic acids is 1. The lowest BCUT2D eigenvalue weighted by atomic mass is 10.1. The Morgan fingerprint density at radius 3 is 2.52 bits per heavy atom. The number of benzene rings is 1. The van der Waals surface area contributed by atoms with Crippen molar-refractivity contribution in [3.63, 3.8) is 0 Å². The van der Waals surface area contributed by atoms with Crippen LogP contribution in [0.25, 0.3) is 5.69 Å². The number of rotatable bonds is 4. The van der Waals surface area contributed by atoms with Crippen LogP contribution in [-0.2, 0) is 0 Å². The largest absolute Gasteiger partial charge is 0.350 e. The van der Waals surface area contributed by atoms with E-state index in [2.05, 4.69) is 10.4 Å². The zero-order valence-corrected chi connectivity index (χ0v) is 13.3. The summed E-state index contributed by atoms with van der Waals surface area (Å²) < 4.78 is 1.71. The van der Waals surface area contributed by atoms with Gasteiger partial charge < -0.3 is 11.1 Å². The minimum atomic E-state index is -0.432. The molecule has 1 aromatic heterocycles. The summed E-state index contributed by atoms with van der Waals surface area (Å²) in [7, 11) is 0. The predicted molar refractivity (Wildman–Crippen MR) is 86.1 cm³/mol. The van der Waals surface area contributed by atoms with E-state index in [1.165, 1.54) is 0 Å². The number of nitrogens with two attached hydrogens (primary N) is 1. The molecule has 1 amide bonds. The third kappa shape index (κ3) is 4.58. The summed E-state index contributed by atoms with van der Waals surface area (Å²) >= 11 is 0. The van der Waals surface area contributed by atoms with Gasteiger partial charge in [-0.05, 0) is 32.9 Å². The van der Waals surface area contributed by atoms with Crippen molar-refractivity contribution < 1.29 is 4.79 Å². The number of aromatic nitrogens is 2. The van der Waals surface area contributed by atoms with Crippen LogP contribution in [0.3, 0.4) is 0 Å². The van der Waals surface area contributed by atoms with Gasteiger partial charge in [0.1, 0.15) is 0 Å². The van der Waals surface area contributed by atoms with Crippen molar-refractivity contribution >= 4 is 18.3 Å². The number of aryl methyl sites for hydroxylation is 1. The highest BCUT2D eigenvalue weighted by molar-refractivity contribution is 5.95. The van der Waals surface area contributed by atoms with Crippen LogP contribution < -0.4 is 11.1 Å². The van der Waals surface area contributed by atoms with Gasteiger partial charge in [-0.3, -0.25) is 4.79 Å². The van der Waals surface area contributed by atoms with Crippen LogP contribution in [0.15, 0.2) is 36.5 Å². The zero-order chi connectivity index (χ0) is 14.8. The molecular weight excluding hydrogens is 288 g/mol. The first-order valence-corrected chi connectivity index (χ1v) is 6.55. The Morgan fingerprint density at radius 2 is 1.95 bits per heavy atom. The molecule has 2 aromatic rings. The fourth-order valence-electron chi connectivity index (χ4n) is 1.80. The molecule has 114 valence electrons. The molecule has 0 fully saturated rings. The van der Waals surface area contributed by atoms with E-state index in [1.54, 1.807) is 10.9 Å². The molecule has 0 radical (unpaired) electrons. The Morgan fingerprint density at radius 1 is 1.33 bits per heavy atom. The lowest BCUT2D eigenvalue weighted by Crippen LogP contribution is -2.45. The van der Waals surface area contributed by atoms with Gasteiger partial charge in [-0.25, -0.2) is 4.68 Å². The maximum Gasteiger partial charge on any atom is 0.254 e.